The number of nitrogens with one attached hydrogen (secondary N) is 2. The maximum atomic E-state index is 13.2. The lowest BCUT2D eigenvalue weighted by atomic mass is 10.1. The molecule has 0 spiro atoms. The van der Waals surface area contributed by atoms with Gasteiger partial charge in [0.2, 0.25) is 0 Å². The maximum Gasteiger partial charge on any atom is 0.416 e. The van der Waals surface area contributed by atoms with E-state index in [1.54, 1.807) is 24.7 Å². The van der Waals surface area contributed by atoms with Gasteiger partial charge in [0, 0.05) is 35.5 Å². The molecular formula is C27H20F3N5. The zero-order chi connectivity index (χ0) is 24.4. The molecule has 3 aromatic heterocycles. The van der Waals surface area contributed by atoms with Crippen molar-refractivity contribution in [3.8, 4) is 11.3 Å². The number of anilines is 4. The highest BCUT2D eigenvalue weighted by Crippen LogP contribution is 2.36. The minimum Gasteiger partial charge on any atom is -0.340 e. The SMILES string of the molecule is Cc1cccc(Nc2nc(-c3cccnc3)cc3ccnc(Nc4cccc(C(F)(F)F)c4)c23)c1. The summed E-state index contributed by atoms with van der Waals surface area (Å²) in [5.74, 6) is 0.914. The number of hydrogen-bond donors (Lipinski definition) is 2. The first kappa shape index (κ1) is 22.3. The predicted octanol–water partition coefficient (Wildman–Crippen LogP) is 7.51. The van der Waals surface area contributed by atoms with Crippen LogP contribution in [0.25, 0.3) is 22.0 Å². The first-order valence-corrected chi connectivity index (χ1v) is 10.8. The molecule has 3 heterocycles. The van der Waals surface area contributed by atoms with Crippen molar-refractivity contribution in [2.75, 3.05) is 10.6 Å². The summed E-state index contributed by atoms with van der Waals surface area (Å²) in [4.78, 5) is 13.5. The molecule has 0 unspecified atom stereocenters. The second kappa shape index (κ2) is 9.06. The zero-order valence-corrected chi connectivity index (χ0v) is 18.6. The van der Waals surface area contributed by atoms with E-state index in [0.717, 1.165) is 34.3 Å². The second-order valence-electron chi connectivity index (χ2n) is 8.05. The topological polar surface area (TPSA) is 62.7 Å². The highest BCUT2D eigenvalue weighted by atomic mass is 19.4. The Morgan fingerprint density at radius 3 is 2.29 bits per heavy atom. The molecule has 174 valence electrons. The van der Waals surface area contributed by atoms with Crippen molar-refractivity contribution in [2.24, 2.45) is 0 Å². The van der Waals surface area contributed by atoms with Gasteiger partial charge in [-0.1, -0.05) is 18.2 Å². The average molecular weight is 471 g/mol. The van der Waals surface area contributed by atoms with Gasteiger partial charge in [-0.2, -0.15) is 13.2 Å². The van der Waals surface area contributed by atoms with E-state index in [4.69, 9.17) is 4.98 Å². The maximum absolute atomic E-state index is 13.2. The third-order valence-electron chi connectivity index (χ3n) is 5.44. The van der Waals surface area contributed by atoms with Crippen LogP contribution in [-0.2, 0) is 6.18 Å². The third-order valence-corrected chi connectivity index (χ3v) is 5.44. The van der Waals surface area contributed by atoms with Crippen LogP contribution in [0.3, 0.4) is 0 Å². The van der Waals surface area contributed by atoms with Gasteiger partial charge in [-0.05, 0) is 72.5 Å². The fourth-order valence-electron chi connectivity index (χ4n) is 3.82. The Hall–Kier alpha value is -4.46. The van der Waals surface area contributed by atoms with Gasteiger partial charge in [0.25, 0.3) is 0 Å². The van der Waals surface area contributed by atoms with Gasteiger partial charge in [-0.3, -0.25) is 4.98 Å². The summed E-state index contributed by atoms with van der Waals surface area (Å²) in [5, 5.41) is 7.89. The van der Waals surface area contributed by atoms with Crippen molar-refractivity contribution in [3.63, 3.8) is 0 Å². The van der Waals surface area contributed by atoms with Crippen molar-refractivity contribution in [2.45, 2.75) is 13.1 Å². The van der Waals surface area contributed by atoms with Crippen LogP contribution in [0.5, 0.6) is 0 Å². The Bertz CT molecular complexity index is 1500. The number of hydrogen-bond acceptors (Lipinski definition) is 5. The molecule has 0 aliphatic heterocycles. The molecular weight excluding hydrogens is 451 g/mol. The highest BCUT2D eigenvalue weighted by molar-refractivity contribution is 6.03. The van der Waals surface area contributed by atoms with Gasteiger partial charge < -0.3 is 10.6 Å². The van der Waals surface area contributed by atoms with Crippen molar-refractivity contribution in [1.29, 1.82) is 0 Å². The van der Waals surface area contributed by atoms with E-state index in [1.165, 1.54) is 6.07 Å². The van der Waals surface area contributed by atoms with Crippen LogP contribution in [0.4, 0.5) is 36.2 Å². The lowest BCUT2D eigenvalue weighted by Crippen LogP contribution is -2.06. The summed E-state index contributed by atoms with van der Waals surface area (Å²) in [7, 11) is 0. The van der Waals surface area contributed by atoms with Crippen LogP contribution in [0, 0.1) is 6.92 Å². The summed E-state index contributed by atoms with van der Waals surface area (Å²) in [6, 6.07) is 20.4. The zero-order valence-electron chi connectivity index (χ0n) is 18.6. The number of pyridine rings is 3. The van der Waals surface area contributed by atoms with E-state index >= 15 is 0 Å². The minimum atomic E-state index is -4.44. The molecule has 5 rings (SSSR count). The van der Waals surface area contributed by atoms with Crippen LogP contribution in [-0.4, -0.2) is 15.0 Å². The highest BCUT2D eigenvalue weighted by Gasteiger charge is 2.30. The molecule has 0 saturated carbocycles. The molecule has 0 bridgehead atoms. The van der Waals surface area contributed by atoms with Crippen LogP contribution in [0.15, 0.2) is 91.4 Å². The third kappa shape index (κ3) is 4.91. The van der Waals surface area contributed by atoms with Crippen LogP contribution in [0.1, 0.15) is 11.1 Å². The monoisotopic (exact) mass is 471 g/mol. The molecule has 0 saturated heterocycles. The van der Waals surface area contributed by atoms with Gasteiger partial charge in [0.05, 0.1) is 16.6 Å². The molecule has 0 amide bonds. The Labute approximate surface area is 199 Å². The van der Waals surface area contributed by atoms with E-state index in [-0.39, 0.29) is 5.69 Å². The smallest absolute Gasteiger partial charge is 0.340 e. The first-order valence-electron chi connectivity index (χ1n) is 10.8. The van der Waals surface area contributed by atoms with Gasteiger partial charge in [-0.15, -0.1) is 0 Å². The summed E-state index contributed by atoms with van der Waals surface area (Å²) in [5.41, 5.74) is 2.98. The molecule has 35 heavy (non-hydrogen) atoms. The van der Waals surface area contributed by atoms with E-state index < -0.39 is 11.7 Å². The quantitative estimate of drug-likeness (QED) is 0.278. The largest absolute Gasteiger partial charge is 0.416 e. The number of halogens is 3. The molecule has 2 N–H and O–H groups in total. The Kier molecular flexibility index (Phi) is 5.78. The van der Waals surface area contributed by atoms with Crippen LogP contribution >= 0.6 is 0 Å². The Morgan fingerprint density at radius 1 is 0.771 bits per heavy atom. The molecule has 5 aromatic rings. The van der Waals surface area contributed by atoms with E-state index in [9.17, 15) is 13.2 Å². The molecule has 0 atom stereocenters. The number of fused-ring (bicyclic) bond motifs is 1. The molecule has 0 radical (unpaired) electrons. The fraction of sp³-hybridized carbons (Fsp3) is 0.0741. The lowest BCUT2D eigenvalue weighted by Gasteiger charge is -2.16. The van der Waals surface area contributed by atoms with Gasteiger partial charge in [0.1, 0.15) is 11.6 Å². The standard InChI is InChI=1S/C27H20F3N5/c1-17-5-2-8-21(13-17)34-26-24-18(14-23(35-26)19-6-4-11-31-16-19)10-12-32-25(24)33-22-9-3-7-20(15-22)27(28,29)30/h2-16H,1H3,(H,32,33)(H,34,35). The molecule has 2 aromatic carbocycles. The van der Waals surface area contributed by atoms with Crippen molar-refractivity contribution < 1.29 is 13.2 Å². The van der Waals surface area contributed by atoms with Gasteiger partial charge in [0.15, 0.2) is 0 Å². The molecule has 5 nitrogen and oxygen atoms in total. The van der Waals surface area contributed by atoms with E-state index in [0.29, 0.717) is 22.7 Å². The summed E-state index contributed by atoms with van der Waals surface area (Å²) in [6.07, 6.45) is 0.592. The molecule has 8 heteroatoms. The molecule has 0 fully saturated rings. The van der Waals surface area contributed by atoms with Gasteiger partial charge in [-0.25, -0.2) is 9.97 Å². The second-order valence-corrected chi connectivity index (χ2v) is 8.05. The Morgan fingerprint density at radius 2 is 1.54 bits per heavy atom. The van der Waals surface area contributed by atoms with Crippen molar-refractivity contribution >= 4 is 33.8 Å². The van der Waals surface area contributed by atoms with Gasteiger partial charge >= 0.3 is 6.18 Å². The number of rotatable bonds is 5. The average Bonchev–Trinajstić information content (AvgIpc) is 2.84. The first-order chi connectivity index (χ1) is 16.9. The predicted molar refractivity (Wildman–Crippen MR) is 132 cm³/mol. The number of nitrogens with zero attached hydrogens (tertiary/aromatic N) is 3. The number of alkyl halides is 3. The fourth-order valence-corrected chi connectivity index (χ4v) is 3.82. The van der Waals surface area contributed by atoms with Crippen LogP contribution in [0.2, 0.25) is 0 Å². The number of aryl methyl sites for hydroxylation is 1. The number of aromatic nitrogens is 3. The van der Waals surface area contributed by atoms with E-state index in [2.05, 4.69) is 20.6 Å². The van der Waals surface area contributed by atoms with E-state index in [1.807, 2.05) is 55.5 Å². The lowest BCUT2D eigenvalue weighted by molar-refractivity contribution is -0.137. The molecule has 0 aliphatic rings. The number of benzene rings is 2. The van der Waals surface area contributed by atoms with Crippen LogP contribution < -0.4 is 10.6 Å². The summed E-state index contributed by atoms with van der Waals surface area (Å²) >= 11 is 0. The van der Waals surface area contributed by atoms with Crippen molar-refractivity contribution in [3.05, 3.63) is 103 Å². The minimum absolute atomic E-state index is 0.276. The normalized spacial score (nSPS) is 11.4. The summed E-state index contributed by atoms with van der Waals surface area (Å²) < 4.78 is 39.7. The Balaban J connectivity index is 1.65. The molecule has 0 aliphatic carbocycles. The summed E-state index contributed by atoms with van der Waals surface area (Å²) in [6.45, 7) is 1.99. The van der Waals surface area contributed by atoms with Crippen molar-refractivity contribution in [1.82, 2.24) is 15.0 Å².